The molecule has 0 amide bonds. The van der Waals surface area contributed by atoms with E-state index in [1.165, 1.54) is 0 Å². The lowest BCUT2D eigenvalue weighted by Crippen LogP contribution is -2.44. The van der Waals surface area contributed by atoms with Crippen molar-refractivity contribution in [2.45, 2.75) is 45.0 Å². The third-order valence-electron chi connectivity index (χ3n) is 2.70. The molecule has 2 nitrogen and oxygen atoms in total. The molecule has 0 spiro atoms. The van der Waals surface area contributed by atoms with E-state index >= 15 is 0 Å². The summed E-state index contributed by atoms with van der Waals surface area (Å²) < 4.78 is 5.87. The lowest BCUT2D eigenvalue weighted by molar-refractivity contribution is 0.137. The Morgan fingerprint density at radius 1 is 1.46 bits per heavy atom. The first kappa shape index (κ1) is 12.9. The Morgan fingerprint density at radius 2 is 1.92 bits per heavy atom. The highest BCUT2D eigenvalue weighted by molar-refractivity contribution is 6.74. The largest absolute Gasteiger partial charge is 0.408 e. The van der Waals surface area contributed by atoms with Gasteiger partial charge in [-0.1, -0.05) is 26.8 Å². The summed E-state index contributed by atoms with van der Waals surface area (Å²) in [7, 11) is -1.74. The van der Waals surface area contributed by atoms with Gasteiger partial charge in [0.05, 0.1) is 12.7 Å². The Bertz CT molecular complexity index is 170. The fraction of sp³-hybridized carbons (Fsp3) is 0.800. The average molecular weight is 202 g/mol. The minimum absolute atomic E-state index is 0.0238. The molecule has 0 saturated heterocycles. The molecule has 0 bridgehead atoms. The Labute approximate surface area is 82.7 Å². The van der Waals surface area contributed by atoms with Crippen molar-refractivity contribution in [1.29, 1.82) is 0 Å². The summed E-state index contributed by atoms with van der Waals surface area (Å²) in [5.74, 6) is 0. The van der Waals surface area contributed by atoms with Crippen LogP contribution in [0.3, 0.4) is 0 Å². The molecular weight excluding hydrogens is 180 g/mol. The maximum Gasteiger partial charge on any atom is 0.192 e. The van der Waals surface area contributed by atoms with E-state index in [4.69, 9.17) is 9.53 Å². The van der Waals surface area contributed by atoms with Gasteiger partial charge >= 0.3 is 0 Å². The molecule has 0 aliphatic heterocycles. The van der Waals surface area contributed by atoms with Gasteiger partial charge in [0, 0.05) is 0 Å². The maximum atomic E-state index is 8.98. The van der Waals surface area contributed by atoms with Gasteiger partial charge < -0.3 is 9.53 Å². The quantitative estimate of drug-likeness (QED) is 0.561. The van der Waals surface area contributed by atoms with Gasteiger partial charge in [-0.2, -0.15) is 0 Å². The molecule has 1 unspecified atom stereocenters. The molecule has 0 rings (SSSR count). The van der Waals surface area contributed by atoms with Crippen LogP contribution >= 0.6 is 0 Å². The number of aliphatic hydroxyl groups is 1. The highest BCUT2D eigenvalue weighted by Gasteiger charge is 2.38. The van der Waals surface area contributed by atoms with Crippen LogP contribution in [0, 0.1) is 0 Å². The second-order valence-corrected chi connectivity index (χ2v) is 9.59. The van der Waals surface area contributed by atoms with Crippen molar-refractivity contribution in [2.75, 3.05) is 6.61 Å². The third-order valence-corrected chi connectivity index (χ3v) is 7.20. The second kappa shape index (κ2) is 4.40. The molecule has 0 heterocycles. The van der Waals surface area contributed by atoms with Gasteiger partial charge in [0.1, 0.15) is 0 Å². The zero-order valence-corrected chi connectivity index (χ0v) is 10.4. The number of hydrogen-bond donors (Lipinski definition) is 1. The van der Waals surface area contributed by atoms with E-state index in [0.29, 0.717) is 0 Å². The number of hydrogen-bond acceptors (Lipinski definition) is 2. The van der Waals surface area contributed by atoms with E-state index in [2.05, 4.69) is 40.4 Å². The van der Waals surface area contributed by atoms with Crippen molar-refractivity contribution in [1.82, 2.24) is 0 Å². The highest BCUT2D eigenvalue weighted by Crippen LogP contribution is 2.37. The average Bonchev–Trinajstić information content (AvgIpc) is 1.98. The van der Waals surface area contributed by atoms with Gasteiger partial charge in [-0.15, -0.1) is 6.58 Å². The smallest absolute Gasteiger partial charge is 0.192 e. The van der Waals surface area contributed by atoms with Crippen molar-refractivity contribution >= 4 is 8.32 Å². The third kappa shape index (κ3) is 3.63. The molecule has 3 heteroatoms. The van der Waals surface area contributed by atoms with Crippen LogP contribution in [0.4, 0.5) is 0 Å². The van der Waals surface area contributed by atoms with Crippen LogP contribution in [0.5, 0.6) is 0 Å². The molecule has 0 fully saturated rings. The summed E-state index contributed by atoms with van der Waals surface area (Å²) in [5.41, 5.74) is 0. The summed E-state index contributed by atoms with van der Waals surface area (Å²) in [6, 6.07) is 0. The van der Waals surface area contributed by atoms with E-state index in [0.717, 1.165) is 0 Å². The van der Waals surface area contributed by atoms with Gasteiger partial charge in [0.15, 0.2) is 8.32 Å². The van der Waals surface area contributed by atoms with Crippen molar-refractivity contribution in [3.63, 3.8) is 0 Å². The molecule has 0 aliphatic rings. The minimum Gasteiger partial charge on any atom is -0.408 e. The lowest BCUT2D eigenvalue weighted by Gasteiger charge is -2.38. The summed E-state index contributed by atoms with van der Waals surface area (Å²) >= 11 is 0. The van der Waals surface area contributed by atoms with Gasteiger partial charge in [0.2, 0.25) is 0 Å². The van der Waals surface area contributed by atoms with Crippen molar-refractivity contribution in [3.05, 3.63) is 12.7 Å². The monoisotopic (exact) mass is 202 g/mol. The molecule has 0 aromatic heterocycles. The molecule has 13 heavy (non-hydrogen) atoms. The maximum absolute atomic E-state index is 8.98. The fourth-order valence-electron chi connectivity index (χ4n) is 0.715. The van der Waals surface area contributed by atoms with Crippen LogP contribution in [-0.4, -0.2) is 26.1 Å². The zero-order chi connectivity index (χ0) is 10.7. The summed E-state index contributed by atoms with van der Waals surface area (Å²) in [6.45, 7) is 14.5. The zero-order valence-electron chi connectivity index (χ0n) is 9.42. The van der Waals surface area contributed by atoms with Gasteiger partial charge in [-0.05, 0) is 18.1 Å². The summed E-state index contributed by atoms with van der Waals surface area (Å²) in [4.78, 5) is 0. The molecule has 1 N–H and O–H groups in total. The first-order valence-corrected chi connectivity index (χ1v) is 7.56. The van der Waals surface area contributed by atoms with Crippen LogP contribution < -0.4 is 0 Å². The van der Waals surface area contributed by atoms with E-state index in [1.807, 2.05) is 0 Å². The van der Waals surface area contributed by atoms with Crippen molar-refractivity contribution in [3.8, 4) is 0 Å². The van der Waals surface area contributed by atoms with Crippen LogP contribution in [0.25, 0.3) is 0 Å². The molecule has 78 valence electrons. The molecular formula is C10H22O2Si. The highest BCUT2D eigenvalue weighted by atomic mass is 28.4. The van der Waals surface area contributed by atoms with E-state index < -0.39 is 8.32 Å². The van der Waals surface area contributed by atoms with Gasteiger partial charge in [-0.25, -0.2) is 0 Å². The lowest BCUT2D eigenvalue weighted by atomic mass is 10.2. The van der Waals surface area contributed by atoms with Crippen LogP contribution in [0.1, 0.15) is 20.8 Å². The molecule has 1 atom stereocenters. The standard InChI is InChI=1S/C10H22O2Si/c1-7-9(8-11)12-13(5,6)10(2,3)4/h7,9,11H,1,8H2,2-6H3. The van der Waals surface area contributed by atoms with E-state index in [-0.39, 0.29) is 17.7 Å². The fourth-order valence-corrected chi connectivity index (χ4v) is 2.00. The number of aliphatic hydroxyl groups excluding tert-OH is 1. The van der Waals surface area contributed by atoms with Crippen molar-refractivity contribution < 1.29 is 9.53 Å². The van der Waals surface area contributed by atoms with Crippen LogP contribution in [0.15, 0.2) is 12.7 Å². The molecule has 0 aromatic rings. The predicted octanol–water partition coefficient (Wildman–Crippen LogP) is 2.56. The van der Waals surface area contributed by atoms with Crippen LogP contribution in [0.2, 0.25) is 18.1 Å². The SMILES string of the molecule is C=CC(CO)O[Si](C)(C)C(C)(C)C. The van der Waals surface area contributed by atoms with Crippen molar-refractivity contribution in [2.24, 2.45) is 0 Å². The molecule has 0 aromatic carbocycles. The Balaban J connectivity index is 4.40. The Morgan fingerprint density at radius 3 is 2.15 bits per heavy atom. The summed E-state index contributed by atoms with van der Waals surface area (Å²) in [5, 5.41) is 9.17. The first-order chi connectivity index (χ1) is 5.74. The van der Waals surface area contributed by atoms with Gasteiger partial charge in [0.25, 0.3) is 0 Å². The van der Waals surface area contributed by atoms with Gasteiger partial charge in [-0.3, -0.25) is 0 Å². The van der Waals surface area contributed by atoms with E-state index in [9.17, 15) is 0 Å². The molecule has 0 saturated carbocycles. The Hall–Kier alpha value is -0.123. The predicted molar refractivity (Wildman–Crippen MR) is 59.4 cm³/mol. The normalized spacial score (nSPS) is 15.5. The first-order valence-electron chi connectivity index (χ1n) is 4.66. The number of rotatable bonds is 4. The minimum atomic E-state index is -1.74. The van der Waals surface area contributed by atoms with E-state index in [1.54, 1.807) is 6.08 Å². The Kier molecular flexibility index (Phi) is 4.36. The summed E-state index contributed by atoms with van der Waals surface area (Å²) in [6.07, 6.45) is 1.46. The topological polar surface area (TPSA) is 29.5 Å². The molecule has 0 radical (unpaired) electrons. The van der Waals surface area contributed by atoms with Crippen LogP contribution in [-0.2, 0) is 4.43 Å². The molecule has 0 aliphatic carbocycles. The second-order valence-electron chi connectivity index (χ2n) is 4.83.